The van der Waals surface area contributed by atoms with E-state index in [1.165, 1.54) is 4.90 Å². The van der Waals surface area contributed by atoms with Gasteiger partial charge in [-0.05, 0) is 32.0 Å². The van der Waals surface area contributed by atoms with E-state index in [1.807, 2.05) is 6.92 Å². The van der Waals surface area contributed by atoms with E-state index < -0.39 is 23.5 Å². The van der Waals surface area contributed by atoms with Crippen LogP contribution in [-0.4, -0.2) is 36.0 Å². The zero-order valence-corrected chi connectivity index (χ0v) is 12.9. The molecule has 1 aromatic carbocycles. The molecule has 0 aliphatic carbocycles. The smallest absolute Gasteiger partial charge is 0.333 e. The van der Waals surface area contributed by atoms with Crippen LogP contribution in [0.15, 0.2) is 18.2 Å². The fraction of sp³-hybridized carbons (Fsp3) is 0.500. The topological polar surface area (TPSA) is 32.3 Å². The Balaban J connectivity index is 0.00000242. The van der Waals surface area contributed by atoms with E-state index in [1.54, 1.807) is 6.92 Å². The fourth-order valence-electron chi connectivity index (χ4n) is 2.39. The molecule has 0 bridgehead atoms. The van der Waals surface area contributed by atoms with Crippen molar-refractivity contribution in [2.24, 2.45) is 0 Å². The molecule has 3 nitrogen and oxygen atoms in total. The van der Waals surface area contributed by atoms with Gasteiger partial charge < -0.3 is 10.2 Å². The summed E-state index contributed by atoms with van der Waals surface area (Å²) in [5.41, 5.74) is -1.43. The van der Waals surface area contributed by atoms with Gasteiger partial charge in [-0.2, -0.15) is 13.2 Å². The van der Waals surface area contributed by atoms with E-state index in [9.17, 15) is 22.4 Å². The summed E-state index contributed by atoms with van der Waals surface area (Å²) in [6.45, 7) is 4.62. The van der Waals surface area contributed by atoms with Gasteiger partial charge >= 0.3 is 6.18 Å². The van der Waals surface area contributed by atoms with Crippen molar-refractivity contribution >= 4 is 18.3 Å². The molecule has 1 amide bonds. The van der Waals surface area contributed by atoms with E-state index in [0.29, 0.717) is 25.2 Å². The summed E-state index contributed by atoms with van der Waals surface area (Å²) >= 11 is 0. The lowest BCUT2D eigenvalue weighted by Crippen LogP contribution is -2.57. The zero-order chi connectivity index (χ0) is 15.8. The zero-order valence-electron chi connectivity index (χ0n) is 12.1. The Morgan fingerprint density at radius 3 is 2.50 bits per heavy atom. The molecule has 1 aliphatic heterocycles. The molecule has 1 N–H and O–H groups in total. The van der Waals surface area contributed by atoms with Crippen molar-refractivity contribution in [1.29, 1.82) is 0 Å². The van der Waals surface area contributed by atoms with Crippen LogP contribution >= 0.6 is 12.4 Å². The first-order valence-electron chi connectivity index (χ1n) is 6.62. The Labute approximate surface area is 132 Å². The van der Waals surface area contributed by atoms with Crippen LogP contribution in [0.25, 0.3) is 0 Å². The van der Waals surface area contributed by atoms with Crippen molar-refractivity contribution in [3.8, 4) is 0 Å². The number of carbonyl (C=O) groups is 1. The number of halogens is 5. The molecule has 0 spiro atoms. The molecule has 2 unspecified atom stereocenters. The molecule has 8 heteroatoms. The Hall–Kier alpha value is -1.34. The normalized spacial score (nSPS) is 22.2. The second-order valence-electron chi connectivity index (χ2n) is 5.21. The monoisotopic (exact) mass is 340 g/mol. The second-order valence-corrected chi connectivity index (χ2v) is 5.21. The lowest BCUT2D eigenvalue weighted by atomic mass is 10.0. The summed E-state index contributed by atoms with van der Waals surface area (Å²) in [7, 11) is 0. The van der Waals surface area contributed by atoms with Gasteiger partial charge in [-0.1, -0.05) is 0 Å². The molecule has 1 aliphatic rings. The molecular formula is C14H17ClF4N2O. The number of nitrogens with one attached hydrogen (secondary N) is 1. The minimum absolute atomic E-state index is 0. The molecule has 0 radical (unpaired) electrons. The van der Waals surface area contributed by atoms with Crippen molar-refractivity contribution in [2.45, 2.75) is 32.1 Å². The Morgan fingerprint density at radius 1 is 1.27 bits per heavy atom. The third-order valence-corrected chi connectivity index (χ3v) is 3.77. The van der Waals surface area contributed by atoms with Crippen LogP contribution in [0, 0.1) is 5.82 Å². The highest BCUT2D eigenvalue weighted by Crippen LogP contribution is 2.31. The van der Waals surface area contributed by atoms with Gasteiger partial charge in [-0.15, -0.1) is 12.4 Å². The standard InChI is InChI=1S/C14H16F4N2O.ClH/c1-8-9(2)20(4-3-19-8)13(21)10-5-11(14(16,17)18)7-12(15)6-10;/h5-9,19H,3-4H2,1-2H3;1H. The molecule has 2 atom stereocenters. The van der Waals surface area contributed by atoms with Crippen molar-refractivity contribution in [3.05, 3.63) is 35.1 Å². The van der Waals surface area contributed by atoms with Crippen molar-refractivity contribution in [1.82, 2.24) is 10.2 Å². The minimum atomic E-state index is -4.68. The predicted molar refractivity (Wildman–Crippen MR) is 76.6 cm³/mol. The third kappa shape index (κ3) is 3.89. The number of benzene rings is 1. The first kappa shape index (κ1) is 18.7. The Bertz CT molecular complexity index is 550. The average molecular weight is 341 g/mol. The highest BCUT2D eigenvalue weighted by atomic mass is 35.5. The van der Waals surface area contributed by atoms with Gasteiger partial charge in [0.15, 0.2) is 0 Å². The summed E-state index contributed by atoms with van der Waals surface area (Å²) in [5, 5.41) is 3.17. The molecule has 1 heterocycles. The largest absolute Gasteiger partial charge is 0.416 e. The van der Waals surface area contributed by atoms with Gasteiger partial charge in [0, 0.05) is 30.7 Å². The molecule has 1 saturated heterocycles. The maximum absolute atomic E-state index is 13.4. The van der Waals surface area contributed by atoms with E-state index in [4.69, 9.17) is 0 Å². The maximum Gasteiger partial charge on any atom is 0.416 e. The molecule has 2 rings (SSSR count). The van der Waals surface area contributed by atoms with Crippen LogP contribution in [0.3, 0.4) is 0 Å². The summed E-state index contributed by atoms with van der Waals surface area (Å²) in [6, 6.07) is 1.78. The molecule has 0 saturated carbocycles. The second kappa shape index (κ2) is 6.83. The number of piperazine rings is 1. The maximum atomic E-state index is 13.4. The average Bonchev–Trinajstić information content (AvgIpc) is 2.39. The molecule has 22 heavy (non-hydrogen) atoms. The summed E-state index contributed by atoms with van der Waals surface area (Å²) in [6.07, 6.45) is -4.68. The highest BCUT2D eigenvalue weighted by Gasteiger charge is 2.34. The van der Waals surface area contributed by atoms with Crippen LogP contribution in [0.4, 0.5) is 17.6 Å². The number of alkyl halides is 3. The lowest BCUT2D eigenvalue weighted by molar-refractivity contribution is -0.137. The first-order valence-corrected chi connectivity index (χ1v) is 6.62. The third-order valence-electron chi connectivity index (χ3n) is 3.77. The van der Waals surface area contributed by atoms with Gasteiger partial charge in [0.05, 0.1) is 5.56 Å². The first-order chi connectivity index (χ1) is 9.70. The van der Waals surface area contributed by atoms with Gasteiger partial charge in [0.1, 0.15) is 5.82 Å². The number of carbonyl (C=O) groups excluding carboxylic acids is 1. The molecule has 1 aromatic rings. The van der Waals surface area contributed by atoms with Crippen molar-refractivity contribution in [3.63, 3.8) is 0 Å². The van der Waals surface area contributed by atoms with Gasteiger partial charge in [-0.3, -0.25) is 4.79 Å². The number of amides is 1. The fourth-order valence-corrected chi connectivity index (χ4v) is 2.39. The van der Waals surface area contributed by atoms with Crippen LogP contribution in [-0.2, 0) is 6.18 Å². The molecular weight excluding hydrogens is 324 g/mol. The SMILES string of the molecule is CC1NCCN(C(=O)c2cc(F)cc(C(F)(F)F)c2)C1C.Cl. The number of rotatable bonds is 1. The molecule has 1 fully saturated rings. The van der Waals surface area contributed by atoms with Crippen LogP contribution in [0.5, 0.6) is 0 Å². The van der Waals surface area contributed by atoms with Crippen LogP contribution in [0.1, 0.15) is 29.8 Å². The van der Waals surface area contributed by atoms with Crippen molar-refractivity contribution < 1.29 is 22.4 Å². The minimum Gasteiger partial charge on any atom is -0.333 e. The lowest BCUT2D eigenvalue weighted by Gasteiger charge is -2.38. The Morgan fingerprint density at radius 2 is 1.91 bits per heavy atom. The summed E-state index contributed by atoms with van der Waals surface area (Å²) in [4.78, 5) is 13.8. The number of nitrogens with zero attached hydrogens (tertiary/aromatic N) is 1. The van der Waals surface area contributed by atoms with E-state index >= 15 is 0 Å². The predicted octanol–water partition coefficient (Wildman–Crippen LogP) is 3.09. The highest BCUT2D eigenvalue weighted by molar-refractivity contribution is 5.94. The number of hydrogen-bond acceptors (Lipinski definition) is 2. The number of hydrogen-bond donors (Lipinski definition) is 1. The quantitative estimate of drug-likeness (QED) is 0.797. The van der Waals surface area contributed by atoms with E-state index in [-0.39, 0.29) is 30.1 Å². The van der Waals surface area contributed by atoms with E-state index in [2.05, 4.69) is 5.32 Å². The van der Waals surface area contributed by atoms with E-state index in [0.717, 1.165) is 6.07 Å². The van der Waals surface area contributed by atoms with Gasteiger partial charge in [0.2, 0.25) is 0 Å². The Kier molecular flexibility index (Phi) is 5.81. The molecule has 124 valence electrons. The van der Waals surface area contributed by atoms with Gasteiger partial charge in [0.25, 0.3) is 5.91 Å². The van der Waals surface area contributed by atoms with Gasteiger partial charge in [-0.25, -0.2) is 4.39 Å². The van der Waals surface area contributed by atoms with Crippen molar-refractivity contribution in [2.75, 3.05) is 13.1 Å². The van der Waals surface area contributed by atoms with Crippen LogP contribution in [0.2, 0.25) is 0 Å². The molecule has 0 aromatic heterocycles. The summed E-state index contributed by atoms with van der Waals surface area (Å²) in [5.74, 6) is -1.65. The summed E-state index contributed by atoms with van der Waals surface area (Å²) < 4.78 is 51.4. The van der Waals surface area contributed by atoms with Crippen LogP contribution < -0.4 is 5.32 Å².